The normalized spacial score (nSPS) is 20.2. The van der Waals surface area contributed by atoms with Crippen LogP contribution in [0, 0.1) is 5.41 Å². The second-order valence-corrected chi connectivity index (χ2v) is 20.7. The predicted octanol–water partition coefficient (Wildman–Crippen LogP) is 8.55. The fraction of sp³-hybridized carbons (Fsp3) is 0.571. The number of thiol groups is 2. The number of ether oxygens (including phenoxy) is 10. The van der Waals surface area contributed by atoms with E-state index >= 15 is 0 Å². The molecule has 4 aromatic carbocycles. The van der Waals surface area contributed by atoms with Crippen molar-refractivity contribution in [3.05, 3.63) is 108 Å². The zero-order valence-corrected chi connectivity index (χ0v) is 45.6. The molecular weight excluding hydrogens is 985 g/mol. The van der Waals surface area contributed by atoms with Crippen molar-refractivity contribution >= 4 is 48.4 Å². The maximum absolute atomic E-state index is 5.81. The van der Waals surface area contributed by atoms with Gasteiger partial charge in [-0.1, -0.05) is 55.8 Å². The van der Waals surface area contributed by atoms with E-state index in [1.165, 1.54) is 46.6 Å². The minimum Gasteiger partial charge on any atom is -0.491 e. The smallest absolute Gasteiger partial charge is 0.119 e. The highest BCUT2D eigenvalue weighted by molar-refractivity contribution is 7.99. The van der Waals surface area contributed by atoms with E-state index in [1.54, 1.807) is 11.8 Å². The maximum atomic E-state index is 5.81. The van der Waals surface area contributed by atoms with Gasteiger partial charge in [0.2, 0.25) is 0 Å². The van der Waals surface area contributed by atoms with Crippen molar-refractivity contribution in [2.75, 3.05) is 122 Å². The van der Waals surface area contributed by atoms with Crippen molar-refractivity contribution in [1.82, 2.24) is 0 Å². The molecule has 0 saturated carbocycles. The number of nitrogen functional groups attached to an aromatic ring is 2. The Morgan fingerprint density at radius 1 is 0.479 bits per heavy atom. The number of unbranched alkanes of at least 4 members (excludes halogenated alkanes) is 4. The standard InChI is InChI=1S/C19H20O4.C15H26O6.C12H12N2S.C6H16N2.C4H10S2/c1-5-16(20-10-18-12-22-18)6-2-14(1)9-15-3-7-17(8-4-15)21-11-19-13-23-19;1-2-15(9-16-3-12-6-19-12,10-17-4-13-7-20-13)11-18-5-14-8-21-14;13-9-1-5-11(6-2-9)15-12-7-3-10(14)4-8-12;7-5-3-1-2-4-6-8;5-3-1-2-4-6/h1-8,18-19H,9-13H2;12-14H,2-11H2,1H3;1-8H,13-14H2;1-8H2;5-6H,1-4H2. The van der Waals surface area contributed by atoms with Gasteiger partial charge in [0.1, 0.15) is 55.2 Å². The first-order valence-corrected chi connectivity index (χ1v) is 28.1. The largest absolute Gasteiger partial charge is 0.491 e. The molecule has 73 heavy (non-hydrogen) atoms. The second-order valence-electron chi connectivity index (χ2n) is 18.6. The lowest BCUT2D eigenvalue weighted by Crippen LogP contribution is -2.38. The van der Waals surface area contributed by atoms with Gasteiger partial charge in [-0.3, -0.25) is 0 Å². The van der Waals surface area contributed by atoms with E-state index in [2.05, 4.69) is 56.4 Å². The Labute approximate surface area is 450 Å². The van der Waals surface area contributed by atoms with Crippen LogP contribution in [-0.2, 0) is 44.3 Å². The number of rotatable bonds is 31. The number of benzene rings is 4. The SMILES string of the molecule is CCC(COCC1CO1)(COCC1CO1)COCC1CO1.NCCCCCCN.Nc1ccc(Sc2ccc(N)cc2)cc1.SCCCCS.c1cc(OCC2CO2)ccc1Cc1ccc(OCC2CO2)cc1. The average molecular weight is 1070 g/mol. The summed E-state index contributed by atoms with van der Waals surface area (Å²) in [6.45, 7) is 13.1. The van der Waals surface area contributed by atoms with E-state index in [4.69, 9.17) is 70.3 Å². The van der Waals surface area contributed by atoms with Crippen LogP contribution < -0.4 is 32.4 Å². The zero-order chi connectivity index (χ0) is 51.8. The Morgan fingerprint density at radius 3 is 1.10 bits per heavy atom. The Bertz CT molecular complexity index is 1830. The van der Waals surface area contributed by atoms with Crippen molar-refractivity contribution in [3.8, 4) is 11.5 Å². The van der Waals surface area contributed by atoms with Gasteiger partial charge in [0.05, 0.1) is 72.7 Å². The number of epoxide rings is 5. The molecule has 17 heteroatoms. The molecule has 8 N–H and O–H groups in total. The first-order valence-electron chi connectivity index (χ1n) is 26.0. The van der Waals surface area contributed by atoms with Gasteiger partial charge in [-0.15, -0.1) is 0 Å². The minimum atomic E-state index is -0.0985. The monoisotopic (exact) mass is 1070 g/mol. The van der Waals surface area contributed by atoms with Crippen LogP contribution >= 0.6 is 37.0 Å². The number of hydrogen-bond donors (Lipinski definition) is 6. The molecule has 5 unspecified atom stereocenters. The number of anilines is 2. The highest BCUT2D eigenvalue weighted by atomic mass is 32.2. The summed E-state index contributed by atoms with van der Waals surface area (Å²) in [5.41, 5.74) is 25.8. The summed E-state index contributed by atoms with van der Waals surface area (Å²) < 4.78 is 54.5. The molecule has 0 aliphatic carbocycles. The maximum Gasteiger partial charge on any atom is 0.119 e. The summed E-state index contributed by atoms with van der Waals surface area (Å²) >= 11 is 9.74. The summed E-state index contributed by atoms with van der Waals surface area (Å²) in [6.07, 6.45) is 10.5. The van der Waals surface area contributed by atoms with Gasteiger partial charge in [0, 0.05) is 26.6 Å². The highest BCUT2D eigenvalue weighted by Crippen LogP contribution is 2.29. The van der Waals surface area contributed by atoms with Crippen LogP contribution in [0.1, 0.15) is 63.0 Å². The minimum absolute atomic E-state index is 0.0985. The lowest BCUT2D eigenvalue weighted by Gasteiger charge is -2.32. The molecule has 5 aliphatic heterocycles. The molecular formula is C56H84N4O10S3. The molecule has 406 valence electrons. The van der Waals surface area contributed by atoms with Crippen LogP contribution in [0.3, 0.4) is 0 Å². The molecule has 9 rings (SSSR count). The van der Waals surface area contributed by atoms with Gasteiger partial charge in [0.25, 0.3) is 0 Å². The van der Waals surface area contributed by atoms with E-state index in [1.807, 2.05) is 72.8 Å². The van der Waals surface area contributed by atoms with Gasteiger partial charge in [-0.2, -0.15) is 25.3 Å². The number of hydrogen-bond acceptors (Lipinski definition) is 17. The average Bonchev–Trinajstić information content (AvgIpc) is 4.18. The fourth-order valence-electron chi connectivity index (χ4n) is 6.57. The molecule has 5 saturated heterocycles. The molecule has 0 spiro atoms. The van der Waals surface area contributed by atoms with E-state index in [0.717, 1.165) is 106 Å². The summed E-state index contributed by atoms with van der Waals surface area (Å²) in [5, 5.41) is 0. The lowest BCUT2D eigenvalue weighted by atomic mass is 9.88. The van der Waals surface area contributed by atoms with Crippen molar-refractivity contribution in [3.63, 3.8) is 0 Å². The van der Waals surface area contributed by atoms with Gasteiger partial charge in [0.15, 0.2) is 0 Å². The summed E-state index contributed by atoms with van der Waals surface area (Å²) in [6, 6.07) is 32.2. The van der Waals surface area contributed by atoms with Gasteiger partial charge >= 0.3 is 0 Å². The van der Waals surface area contributed by atoms with Gasteiger partial charge in [-0.25, -0.2) is 0 Å². The molecule has 0 aromatic heterocycles. The summed E-state index contributed by atoms with van der Waals surface area (Å²) in [7, 11) is 0. The molecule has 5 aliphatic rings. The third-order valence-electron chi connectivity index (χ3n) is 11.7. The second kappa shape index (κ2) is 35.9. The van der Waals surface area contributed by atoms with Gasteiger partial charge in [-0.05, 0) is 147 Å². The van der Waals surface area contributed by atoms with Crippen LogP contribution in [-0.4, -0.2) is 141 Å². The zero-order valence-electron chi connectivity index (χ0n) is 43.0. The first kappa shape index (κ1) is 60.6. The van der Waals surface area contributed by atoms with Crippen molar-refractivity contribution < 1.29 is 47.4 Å². The molecule has 5 fully saturated rings. The van der Waals surface area contributed by atoms with Crippen LogP contribution in [0.4, 0.5) is 11.4 Å². The lowest BCUT2D eigenvalue weighted by molar-refractivity contribution is -0.0762. The third-order valence-corrected chi connectivity index (χ3v) is 13.4. The third kappa shape index (κ3) is 29.6. The first-order chi connectivity index (χ1) is 35.7. The fourth-order valence-corrected chi connectivity index (χ4v) is 7.83. The van der Waals surface area contributed by atoms with E-state index in [0.29, 0.717) is 83.4 Å². The Balaban J connectivity index is 0.000000182. The van der Waals surface area contributed by atoms with Crippen LogP contribution in [0.2, 0.25) is 0 Å². The molecule has 0 amide bonds. The Kier molecular flexibility index (Phi) is 29.8. The van der Waals surface area contributed by atoms with E-state index < -0.39 is 0 Å². The highest BCUT2D eigenvalue weighted by Gasteiger charge is 2.34. The molecule has 5 heterocycles. The van der Waals surface area contributed by atoms with Gasteiger partial charge < -0.3 is 70.3 Å². The molecule has 0 bridgehead atoms. The topological polar surface area (TPSA) is 213 Å². The Morgan fingerprint density at radius 2 is 0.808 bits per heavy atom. The van der Waals surface area contributed by atoms with Crippen molar-refractivity contribution in [1.29, 1.82) is 0 Å². The van der Waals surface area contributed by atoms with E-state index in [-0.39, 0.29) is 5.41 Å². The summed E-state index contributed by atoms with van der Waals surface area (Å²) in [5.74, 6) is 3.80. The summed E-state index contributed by atoms with van der Waals surface area (Å²) in [4.78, 5) is 2.35. The molecule has 14 nitrogen and oxygen atoms in total. The van der Waals surface area contributed by atoms with E-state index in [9.17, 15) is 0 Å². The molecule has 4 aromatic rings. The quantitative estimate of drug-likeness (QED) is 0.0121. The van der Waals surface area contributed by atoms with Crippen molar-refractivity contribution in [2.45, 2.75) is 98.6 Å². The number of nitrogens with two attached hydrogens (primary N) is 4. The Hall–Kier alpha value is -3.27. The van der Waals surface area contributed by atoms with Crippen molar-refractivity contribution in [2.24, 2.45) is 16.9 Å². The molecule has 0 radical (unpaired) electrons. The molecule has 5 atom stereocenters. The van der Waals surface area contributed by atoms with Crippen LogP contribution in [0.15, 0.2) is 107 Å². The van der Waals surface area contributed by atoms with Crippen LogP contribution in [0.5, 0.6) is 11.5 Å². The van der Waals surface area contributed by atoms with Crippen LogP contribution in [0.25, 0.3) is 0 Å². The predicted molar refractivity (Wildman–Crippen MR) is 300 cm³/mol.